The molecule has 0 spiro atoms. The first kappa shape index (κ1) is 17.3. The van der Waals surface area contributed by atoms with Gasteiger partial charge < -0.3 is 15.5 Å². The standard InChI is InChI=1S/C21H27N3O/c1-17-5-7-18(8-6-17)15-23-21(25)16-22-19-9-11-20(12-10-19)24-13-3-2-4-14-24/h5-12,22H,2-4,13-16H2,1H3,(H,23,25). The molecule has 132 valence electrons. The fraction of sp³-hybridized carbons (Fsp3) is 0.381. The van der Waals surface area contributed by atoms with E-state index >= 15 is 0 Å². The Hall–Kier alpha value is -2.49. The van der Waals surface area contributed by atoms with Gasteiger partial charge in [0.15, 0.2) is 0 Å². The van der Waals surface area contributed by atoms with Crippen molar-refractivity contribution >= 4 is 17.3 Å². The molecule has 0 atom stereocenters. The monoisotopic (exact) mass is 337 g/mol. The number of nitrogens with zero attached hydrogens (tertiary/aromatic N) is 1. The molecule has 25 heavy (non-hydrogen) atoms. The van der Waals surface area contributed by atoms with Gasteiger partial charge in [0, 0.05) is 31.0 Å². The normalized spacial score (nSPS) is 14.2. The zero-order valence-corrected chi connectivity index (χ0v) is 14.9. The van der Waals surface area contributed by atoms with Crippen molar-refractivity contribution in [1.82, 2.24) is 5.32 Å². The summed E-state index contributed by atoms with van der Waals surface area (Å²) in [4.78, 5) is 14.4. The number of carbonyl (C=O) groups excluding carboxylic acids is 1. The van der Waals surface area contributed by atoms with Crippen LogP contribution in [-0.4, -0.2) is 25.5 Å². The van der Waals surface area contributed by atoms with Gasteiger partial charge in [-0.1, -0.05) is 29.8 Å². The van der Waals surface area contributed by atoms with Crippen LogP contribution >= 0.6 is 0 Å². The smallest absolute Gasteiger partial charge is 0.239 e. The average Bonchev–Trinajstić information content (AvgIpc) is 2.67. The minimum atomic E-state index is 0.000632. The predicted molar refractivity (Wildman–Crippen MR) is 104 cm³/mol. The summed E-state index contributed by atoms with van der Waals surface area (Å²) in [5.74, 6) is 0.000632. The number of anilines is 2. The SMILES string of the molecule is Cc1ccc(CNC(=O)CNc2ccc(N3CCCCC3)cc2)cc1. The van der Waals surface area contributed by atoms with E-state index < -0.39 is 0 Å². The summed E-state index contributed by atoms with van der Waals surface area (Å²) >= 11 is 0. The Morgan fingerprint density at radius 3 is 2.32 bits per heavy atom. The van der Waals surface area contributed by atoms with Gasteiger partial charge in [-0.3, -0.25) is 4.79 Å². The van der Waals surface area contributed by atoms with Gasteiger partial charge in [-0.2, -0.15) is 0 Å². The molecule has 1 saturated heterocycles. The summed E-state index contributed by atoms with van der Waals surface area (Å²) in [6, 6.07) is 16.6. The van der Waals surface area contributed by atoms with Crippen LogP contribution in [0.4, 0.5) is 11.4 Å². The molecule has 0 aromatic heterocycles. The maximum atomic E-state index is 12.0. The molecule has 2 N–H and O–H groups in total. The molecule has 0 saturated carbocycles. The van der Waals surface area contributed by atoms with E-state index in [1.807, 2.05) is 12.1 Å². The first-order valence-electron chi connectivity index (χ1n) is 9.12. The van der Waals surface area contributed by atoms with Crippen molar-refractivity contribution < 1.29 is 4.79 Å². The van der Waals surface area contributed by atoms with E-state index in [4.69, 9.17) is 0 Å². The van der Waals surface area contributed by atoms with E-state index in [-0.39, 0.29) is 12.5 Å². The number of aryl methyl sites for hydroxylation is 1. The van der Waals surface area contributed by atoms with Gasteiger partial charge in [0.05, 0.1) is 6.54 Å². The third kappa shape index (κ3) is 5.24. The number of hydrogen-bond acceptors (Lipinski definition) is 3. The minimum absolute atomic E-state index is 0.000632. The molecule has 3 rings (SSSR count). The zero-order valence-electron chi connectivity index (χ0n) is 14.9. The maximum Gasteiger partial charge on any atom is 0.239 e. The molecule has 0 unspecified atom stereocenters. The summed E-state index contributed by atoms with van der Waals surface area (Å²) in [5.41, 5.74) is 4.59. The average molecular weight is 337 g/mol. The maximum absolute atomic E-state index is 12.0. The summed E-state index contributed by atoms with van der Waals surface area (Å²) in [6.45, 7) is 5.20. The first-order chi connectivity index (χ1) is 12.2. The van der Waals surface area contributed by atoms with Gasteiger partial charge in [-0.25, -0.2) is 0 Å². The third-order valence-corrected chi connectivity index (χ3v) is 4.65. The Morgan fingerprint density at radius 1 is 0.960 bits per heavy atom. The fourth-order valence-electron chi connectivity index (χ4n) is 3.09. The molecule has 1 aliphatic heterocycles. The van der Waals surface area contributed by atoms with Crippen LogP contribution in [0, 0.1) is 6.92 Å². The van der Waals surface area contributed by atoms with Crippen molar-refractivity contribution in [2.75, 3.05) is 29.9 Å². The lowest BCUT2D eigenvalue weighted by atomic mass is 10.1. The third-order valence-electron chi connectivity index (χ3n) is 4.65. The van der Waals surface area contributed by atoms with Crippen molar-refractivity contribution in [3.05, 3.63) is 59.7 Å². The largest absolute Gasteiger partial charge is 0.376 e. The molecular formula is C21H27N3O. The number of hydrogen-bond donors (Lipinski definition) is 2. The van der Waals surface area contributed by atoms with Crippen LogP contribution in [-0.2, 0) is 11.3 Å². The molecule has 1 aliphatic rings. The summed E-state index contributed by atoms with van der Waals surface area (Å²) in [7, 11) is 0. The van der Waals surface area contributed by atoms with Crippen LogP contribution in [0.1, 0.15) is 30.4 Å². The molecule has 2 aromatic rings. The van der Waals surface area contributed by atoms with E-state index in [0.717, 1.165) is 24.3 Å². The van der Waals surface area contributed by atoms with Gasteiger partial charge in [0.25, 0.3) is 0 Å². The number of rotatable bonds is 6. The minimum Gasteiger partial charge on any atom is -0.376 e. The highest BCUT2D eigenvalue weighted by Gasteiger charge is 2.10. The second-order valence-corrected chi connectivity index (χ2v) is 6.71. The summed E-state index contributed by atoms with van der Waals surface area (Å²) < 4.78 is 0. The lowest BCUT2D eigenvalue weighted by molar-refractivity contribution is -0.119. The summed E-state index contributed by atoms with van der Waals surface area (Å²) in [5, 5.41) is 6.13. The van der Waals surface area contributed by atoms with Crippen LogP contribution in [0.2, 0.25) is 0 Å². The van der Waals surface area contributed by atoms with E-state index in [1.165, 1.54) is 30.5 Å². The predicted octanol–water partition coefficient (Wildman–Crippen LogP) is 3.71. The summed E-state index contributed by atoms with van der Waals surface area (Å²) in [6.07, 6.45) is 3.90. The van der Waals surface area contributed by atoms with E-state index in [9.17, 15) is 4.79 Å². The van der Waals surface area contributed by atoms with Crippen LogP contribution in [0.3, 0.4) is 0 Å². The number of benzene rings is 2. The van der Waals surface area contributed by atoms with E-state index in [0.29, 0.717) is 6.54 Å². The van der Waals surface area contributed by atoms with Gasteiger partial charge in [0.1, 0.15) is 0 Å². The van der Waals surface area contributed by atoms with Crippen molar-refractivity contribution in [3.63, 3.8) is 0 Å². The molecule has 2 aromatic carbocycles. The Morgan fingerprint density at radius 2 is 1.64 bits per heavy atom. The topological polar surface area (TPSA) is 44.4 Å². The van der Waals surface area contributed by atoms with Gasteiger partial charge in [0.2, 0.25) is 5.91 Å². The highest BCUT2D eigenvalue weighted by molar-refractivity contribution is 5.80. The molecule has 1 amide bonds. The number of amides is 1. The second kappa shape index (κ2) is 8.56. The molecule has 4 heteroatoms. The number of nitrogens with one attached hydrogen (secondary N) is 2. The number of piperidine rings is 1. The van der Waals surface area contributed by atoms with E-state index in [2.05, 4.69) is 58.9 Å². The van der Waals surface area contributed by atoms with Crippen LogP contribution < -0.4 is 15.5 Å². The van der Waals surface area contributed by atoms with Crippen LogP contribution in [0.25, 0.3) is 0 Å². The molecular weight excluding hydrogens is 310 g/mol. The molecule has 0 aliphatic carbocycles. The highest BCUT2D eigenvalue weighted by atomic mass is 16.1. The van der Waals surface area contributed by atoms with Crippen molar-refractivity contribution in [2.45, 2.75) is 32.7 Å². The Balaban J connectivity index is 1.43. The van der Waals surface area contributed by atoms with Gasteiger partial charge in [-0.15, -0.1) is 0 Å². The molecule has 0 bridgehead atoms. The zero-order chi connectivity index (χ0) is 17.5. The lowest BCUT2D eigenvalue weighted by Gasteiger charge is -2.28. The van der Waals surface area contributed by atoms with Crippen molar-refractivity contribution in [1.29, 1.82) is 0 Å². The fourth-order valence-corrected chi connectivity index (χ4v) is 3.09. The molecule has 0 radical (unpaired) electrons. The van der Waals surface area contributed by atoms with Crippen LogP contribution in [0.5, 0.6) is 0 Å². The molecule has 1 heterocycles. The Kier molecular flexibility index (Phi) is 5.94. The lowest BCUT2D eigenvalue weighted by Crippen LogP contribution is -2.30. The number of carbonyl (C=O) groups is 1. The first-order valence-corrected chi connectivity index (χ1v) is 9.12. The second-order valence-electron chi connectivity index (χ2n) is 6.71. The Labute approximate surface area is 150 Å². The quantitative estimate of drug-likeness (QED) is 0.844. The Bertz CT molecular complexity index is 673. The van der Waals surface area contributed by atoms with Crippen molar-refractivity contribution in [3.8, 4) is 0 Å². The van der Waals surface area contributed by atoms with Gasteiger partial charge >= 0.3 is 0 Å². The van der Waals surface area contributed by atoms with Gasteiger partial charge in [-0.05, 0) is 56.0 Å². The molecule has 4 nitrogen and oxygen atoms in total. The molecule has 1 fully saturated rings. The van der Waals surface area contributed by atoms with E-state index in [1.54, 1.807) is 0 Å². The van der Waals surface area contributed by atoms with Crippen molar-refractivity contribution in [2.24, 2.45) is 0 Å². The van der Waals surface area contributed by atoms with Crippen LogP contribution in [0.15, 0.2) is 48.5 Å². The highest BCUT2D eigenvalue weighted by Crippen LogP contribution is 2.21.